The second kappa shape index (κ2) is 5.74. The lowest BCUT2D eigenvalue weighted by Gasteiger charge is -2.62. The van der Waals surface area contributed by atoms with Gasteiger partial charge >= 0.3 is 5.97 Å². The van der Waals surface area contributed by atoms with Crippen molar-refractivity contribution >= 4 is 5.97 Å². The standard InChI is InChI=1S/C16H21N3O2/c1-6-21-14(20)11(7-17)13-15(4,5)12(10(2)3)16(13,8-18)9-19/h10-13H,6H2,1-5H3/t11-,12+,13+/m1/s1. The molecule has 0 spiro atoms. The fourth-order valence-electron chi connectivity index (χ4n) is 4.34. The molecule has 0 aromatic rings. The van der Waals surface area contributed by atoms with E-state index in [-0.39, 0.29) is 18.4 Å². The van der Waals surface area contributed by atoms with Crippen molar-refractivity contribution in [3.8, 4) is 18.2 Å². The average Bonchev–Trinajstić information content (AvgIpc) is 2.41. The lowest BCUT2D eigenvalue weighted by atomic mass is 9.36. The van der Waals surface area contributed by atoms with Crippen LogP contribution >= 0.6 is 0 Å². The minimum Gasteiger partial charge on any atom is -0.465 e. The molecule has 0 bridgehead atoms. The van der Waals surface area contributed by atoms with E-state index in [0.29, 0.717) is 0 Å². The Labute approximate surface area is 126 Å². The van der Waals surface area contributed by atoms with E-state index in [4.69, 9.17) is 4.74 Å². The van der Waals surface area contributed by atoms with Gasteiger partial charge in [-0.25, -0.2) is 0 Å². The topological polar surface area (TPSA) is 97.7 Å². The second-order valence-corrected chi connectivity index (χ2v) is 6.47. The highest BCUT2D eigenvalue weighted by atomic mass is 16.5. The van der Waals surface area contributed by atoms with Crippen LogP contribution in [0, 0.1) is 68.5 Å². The number of rotatable bonds is 4. The minimum atomic E-state index is -1.31. The van der Waals surface area contributed by atoms with E-state index in [1.807, 2.05) is 33.8 Å². The smallest absolute Gasteiger partial charge is 0.323 e. The molecule has 0 aliphatic heterocycles. The highest BCUT2D eigenvalue weighted by molar-refractivity contribution is 5.76. The van der Waals surface area contributed by atoms with Gasteiger partial charge in [0, 0.05) is 5.92 Å². The van der Waals surface area contributed by atoms with Gasteiger partial charge in [-0.1, -0.05) is 27.7 Å². The molecule has 1 aliphatic rings. The SMILES string of the molecule is CCOC(=O)[C@H](C#N)[C@H]1C(C)(C)[C@H](C(C)C)C1(C#N)C#N. The van der Waals surface area contributed by atoms with Crippen LogP contribution < -0.4 is 0 Å². The highest BCUT2D eigenvalue weighted by Gasteiger charge is 2.71. The third kappa shape index (κ3) is 2.26. The first-order chi connectivity index (χ1) is 9.74. The van der Waals surface area contributed by atoms with Gasteiger partial charge in [-0.3, -0.25) is 4.79 Å². The largest absolute Gasteiger partial charge is 0.465 e. The van der Waals surface area contributed by atoms with Gasteiger partial charge in [0.1, 0.15) is 5.92 Å². The molecule has 0 unspecified atom stereocenters. The molecule has 0 radical (unpaired) electrons. The van der Waals surface area contributed by atoms with Gasteiger partial charge in [-0.05, 0) is 24.2 Å². The summed E-state index contributed by atoms with van der Waals surface area (Å²) >= 11 is 0. The summed E-state index contributed by atoms with van der Waals surface area (Å²) in [5.74, 6) is -2.45. The van der Waals surface area contributed by atoms with Crippen LogP contribution in [-0.2, 0) is 9.53 Å². The van der Waals surface area contributed by atoms with Crippen LogP contribution in [0.5, 0.6) is 0 Å². The Morgan fingerprint density at radius 3 is 2.05 bits per heavy atom. The van der Waals surface area contributed by atoms with Gasteiger partial charge in [-0.2, -0.15) is 15.8 Å². The first-order valence-electron chi connectivity index (χ1n) is 7.13. The van der Waals surface area contributed by atoms with Crippen molar-refractivity contribution in [2.75, 3.05) is 6.61 Å². The summed E-state index contributed by atoms with van der Waals surface area (Å²) in [7, 11) is 0. The first-order valence-corrected chi connectivity index (χ1v) is 7.13. The van der Waals surface area contributed by atoms with E-state index >= 15 is 0 Å². The van der Waals surface area contributed by atoms with Crippen molar-refractivity contribution in [2.24, 2.45) is 34.5 Å². The number of ether oxygens (including phenoxy) is 1. The maximum Gasteiger partial charge on any atom is 0.323 e. The predicted octanol–water partition coefficient (Wildman–Crippen LogP) is 2.65. The van der Waals surface area contributed by atoms with E-state index in [1.165, 1.54) is 0 Å². The van der Waals surface area contributed by atoms with Crippen molar-refractivity contribution in [3.63, 3.8) is 0 Å². The number of carbonyl (C=O) groups excluding carboxylic acids is 1. The van der Waals surface area contributed by atoms with Gasteiger partial charge in [0.05, 0.1) is 24.8 Å². The lowest BCUT2D eigenvalue weighted by molar-refractivity contribution is -0.179. The molecule has 21 heavy (non-hydrogen) atoms. The summed E-state index contributed by atoms with van der Waals surface area (Å²) in [5, 5.41) is 28.5. The Balaban J connectivity index is 3.34. The molecular formula is C16H21N3O2. The van der Waals surface area contributed by atoms with Gasteiger partial charge in [0.25, 0.3) is 0 Å². The van der Waals surface area contributed by atoms with Gasteiger partial charge < -0.3 is 4.74 Å². The monoisotopic (exact) mass is 287 g/mol. The number of nitriles is 3. The molecule has 3 atom stereocenters. The molecular weight excluding hydrogens is 266 g/mol. The highest BCUT2D eigenvalue weighted by Crippen LogP contribution is 2.68. The zero-order valence-electron chi connectivity index (χ0n) is 13.2. The number of carbonyl (C=O) groups is 1. The molecule has 0 heterocycles. The molecule has 0 N–H and O–H groups in total. The fraction of sp³-hybridized carbons (Fsp3) is 0.750. The normalized spacial score (nSPS) is 26.6. The molecule has 0 amide bonds. The molecule has 1 fully saturated rings. The molecule has 1 saturated carbocycles. The zero-order chi connectivity index (χ0) is 16.4. The third-order valence-electron chi connectivity index (χ3n) is 4.63. The van der Waals surface area contributed by atoms with Crippen LogP contribution in [0.3, 0.4) is 0 Å². The molecule has 0 aromatic heterocycles. The van der Waals surface area contributed by atoms with E-state index in [1.54, 1.807) is 6.92 Å². The van der Waals surface area contributed by atoms with Crippen molar-refractivity contribution in [2.45, 2.75) is 34.6 Å². The predicted molar refractivity (Wildman–Crippen MR) is 75.0 cm³/mol. The zero-order valence-corrected chi connectivity index (χ0v) is 13.2. The van der Waals surface area contributed by atoms with E-state index in [2.05, 4.69) is 12.1 Å². The number of hydrogen-bond donors (Lipinski definition) is 0. The second-order valence-electron chi connectivity index (χ2n) is 6.47. The summed E-state index contributed by atoms with van der Waals surface area (Å²) in [6.07, 6.45) is 0. The van der Waals surface area contributed by atoms with Crippen molar-refractivity contribution in [3.05, 3.63) is 0 Å². The van der Waals surface area contributed by atoms with E-state index in [9.17, 15) is 20.6 Å². The molecule has 0 aromatic carbocycles. The Morgan fingerprint density at radius 1 is 1.19 bits per heavy atom. The summed E-state index contributed by atoms with van der Waals surface area (Å²) in [6.45, 7) is 9.58. The average molecular weight is 287 g/mol. The molecule has 5 nitrogen and oxygen atoms in total. The lowest BCUT2D eigenvalue weighted by Crippen LogP contribution is -2.66. The first kappa shape index (κ1) is 17.0. The van der Waals surface area contributed by atoms with Crippen LogP contribution in [-0.4, -0.2) is 12.6 Å². The van der Waals surface area contributed by atoms with Crippen molar-refractivity contribution in [1.82, 2.24) is 0 Å². The maximum absolute atomic E-state index is 12.0. The number of hydrogen-bond acceptors (Lipinski definition) is 5. The van der Waals surface area contributed by atoms with Gasteiger partial charge in [-0.15, -0.1) is 0 Å². The summed E-state index contributed by atoms with van der Waals surface area (Å²) in [6, 6.07) is 6.14. The quantitative estimate of drug-likeness (QED) is 0.740. The number of nitrogens with zero attached hydrogens (tertiary/aromatic N) is 3. The third-order valence-corrected chi connectivity index (χ3v) is 4.63. The maximum atomic E-state index is 12.0. The Bertz CT molecular complexity index is 531. The number of esters is 1. The van der Waals surface area contributed by atoms with Crippen LogP contribution in [0.2, 0.25) is 0 Å². The summed E-state index contributed by atoms with van der Waals surface area (Å²) in [4.78, 5) is 12.0. The Hall–Kier alpha value is -2.06. The summed E-state index contributed by atoms with van der Waals surface area (Å²) in [5.41, 5.74) is -1.77. The van der Waals surface area contributed by atoms with Gasteiger partial charge in [0.15, 0.2) is 5.41 Å². The van der Waals surface area contributed by atoms with Crippen LogP contribution in [0.4, 0.5) is 0 Å². The van der Waals surface area contributed by atoms with Crippen LogP contribution in [0.15, 0.2) is 0 Å². The van der Waals surface area contributed by atoms with Crippen molar-refractivity contribution in [1.29, 1.82) is 15.8 Å². The van der Waals surface area contributed by atoms with Crippen molar-refractivity contribution < 1.29 is 9.53 Å². The van der Waals surface area contributed by atoms with Crippen LogP contribution in [0.25, 0.3) is 0 Å². The van der Waals surface area contributed by atoms with Gasteiger partial charge in [0.2, 0.25) is 0 Å². The Morgan fingerprint density at radius 2 is 1.71 bits per heavy atom. The molecule has 1 rings (SSSR count). The molecule has 112 valence electrons. The molecule has 0 saturated heterocycles. The molecule has 5 heteroatoms. The van der Waals surface area contributed by atoms with Crippen LogP contribution in [0.1, 0.15) is 34.6 Å². The minimum absolute atomic E-state index is 0.108. The van der Waals surface area contributed by atoms with E-state index in [0.717, 1.165) is 0 Å². The van der Waals surface area contributed by atoms with E-state index < -0.39 is 28.6 Å². The summed E-state index contributed by atoms with van der Waals surface area (Å²) < 4.78 is 4.94. The Kier molecular flexibility index (Phi) is 4.65. The fourth-order valence-corrected chi connectivity index (χ4v) is 4.34. The molecule has 1 aliphatic carbocycles.